The van der Waals surface area contributed by atoms with Crippen LogP contribution in [-0.4, -0.2) is 50.4 Å². The summed E-state index contributed by atoms with van der Waals surface area (Å²) in [5.74, 6) is -5.70. The normalized spacial score (nSPS) is 13.5. The molecule has 8 nitrogen and oxygen atoms in total. The number of hydrogen-bond acceptors (Lipinski definition) is 8. The highest BCUT2D eigenvalue weighted by atomic mass is 16.5. The highest BCUT2D eigenvalue weighted by Crippen LogP contribution is 2.39. The number of Topliss-reactive ketones (excluding diaryl/α,β-unsaturated/α-hetero) is 2. The van der Waals surface area contributed by atoms with Crippen LogP contribution in [0, 0.1) is 11.8 Å². The first-order chi connectivity index (χ1) is 14.7. The van der Waals surface area contributed by atoms with Gasteiger partial charge in [-0.25, -0.2) is 0 Å². The van der Waals surface area contributed by atoms with Crippen molar-refractivity contribution in [2.24, 2.45) is 11.8 Å². The van der Waals surface area contributed by atoms with E-state index < -0.39 is 41.3 Å². The van der Waals surface area contributed by atoms with Crippen LogP contribution in [0.4, 0.5) is 0 Å². The smallest absolute Gasteiger partial charge is 0.317 e. The Morgan fingerprint density at radius 2 is 1.35 bits per heavy atom. The molecule has 172 valence electrons. The van der Waals surface area contributed by atoms with Gasteiger partial charge in [0.15, 0.2) is 11.5 Å². The van der Waals surface area contributed by atoms with Crippen LogP contribution in [-0.2, 0) is 28.7 Å². The molecule has 0 aliphatic carbocycles. The molecule has 0 aromatic heterocycles. The van der Waals surface area contributed by atoms with Crippen molar-refractivity contribution in [3.05, 3.63) is 23.8 Å². The maximum Gasteiger partial charge on any atom is 0.317 e. The zero-order valence-corrected chi connectivity index (χ0v) is 19.1. The summed E-state index contributed by atoms with van der Waals surface area (Å²) in [6.45, 7) is 8.21. The standard InChI is InChI=1S/C23H32O8/c1-7-12-31-17-11-10-16(13-18(17)28-6)21(19(14(4)24)22(26)29-8-2)20(15(5)25)23(27)30-9-3/h10-11,13,19-21H,7-9,12H2,1-6H3. The number of benzene rings is 1. The molecule has 0 aliphatic heterocycles. The van der Waals surface area contributed by atoms with E-state index in [1.165, 1.54) is 21.0 Å². The number of methoxy groups -OCH3 is 1. The fourth-order valence-electron chi connectivity index (χ4n) is 3.40. The first-order valence-corrected chi connectivity index (χ1v) is 10.4. The van der Waals surface area contributed by atoms with Gasteiger partial charge in [0.2, 0.25) is 0 Å². The Kier molecular flexibility index (Phi) is 10.7. The molecule has 0 heterocycles. The third kappa shape index (κ3) is 6.80. The van der Waals surface area contributed by atoms with Gasteiger partial charge in [0.25, 0.3) is 0 Å². The molecule has 0 N–H and O–H groups in total. The Morgan fingerprint density at radius 3 is 1.74 bits per heavy atom. The third-order valence-electron chi connectivity index (χ3n) is 4.71. The summed E-state index contributed by atoms with van der Waals surface area (Å²) in [5.41, 5.74) is 0.391. The summed E-state index contributed by atoms with van der Waals surface area (Å²) in [5, 5.41) is 0. The Hall–Kier alpha value is -2.90. The molecule has 1 aromatic rings. The molecule has 1 aromatic carbocycles. The van der Waals surface area contributed by atoms with E-state index in [1.54, 1.807) is 32.0 Å². The topological polar surface area (TPSA) is 105 Å². The van der Waals surface area contributed by atoms with Crippen LogP contribution in [0.1, 0.15) is 52.5 Å². The molecule has 0 bridgehead atoms. The zero-order chi connectivity index (χ0) is 23.6. The molecule has 0 aliphatic rings. The monoisotopic (exact) mass is 436 g/mol. The average Bonchev–Trinajstić information content (AvgIpc) is 2.71. The van der Waals surface area contributed by atoms with Gasteiger partial charge in [0, 0.05) is 5.92 Å². The molecule has 2 atom stereocenters. The second kappa shape index (κ2) is 12.7. The van der Waals surface area contributed by atoms with Crippen molar-refractivity contribution in [2.45, 2.75) is 47.0 Å². The number of rotatable bonds is 13. The van der Waals surface area contributed by atoms with Crippen molar-refractivity contribution in [1.82, 2.24) is 0 Å². The van der Waals surface area contributed by atoms with Crippen LogP contribution in [0.2, 0.25) is 0 Å². The molecule has 8 heteroatoms. The van der Waals surface area contributed by atoms with Gasteiger partial charge in [-0.2, -0.15) is 0 Å². The molecule has 0 amide bonds. The predicted octanol–water partition coefficient (Wildman–Crippen LogP) is 3.10. The number of carbonyl (C=O) groups is 4. The molecule has 31 heavy (non-hydrogen) atoms. The number of hydrogen-bond donors (Lipinski definition) is 0. The lowest BCUT2D eigenvalue weighted by molar-refractivity contribution is -0.157. The first-order valence-electron chi connectivity index (χ1n) is 10.4. The summed E-state index contributed by atoms with van der Waals surface area (Å²) in [4.78, 5) is 50.5. The average molecular weight is 437 g/mol. The first kappa shape index (κ1) is 26.1. The maximum atomic E-state index is 12.7. The Morgan fingerprint density at radius 1 is 0.839 bits per heavy atom. The van der Waals surface area contributed by atoms with E-state index in [1.807, 2.05) is 6.92 Å². The number of ether oxygens (including phenoxy) is 4. The van der Waals surface area contributed by atoms with E-state index in [0.29, 0.717) is 23.7 Å². The Labute approximate surface area is 183 Å². The zero-order valence-electron chi connectivity index (χ0n) is 19.1. The van der Waals surface area contributed by atoms with E-state index in [2.05, 4.69) is 0 Å². The van der Waals surface area contributed by atoms with Crippen molar-refractivity contribution < 1.29 is 38.1 Å². The molecule has 2 unspecified atom stereocenters. The van der Waals surface area contributed by atoms with Crippen LogP contribution >= 0.6 is 0 Å². The van der Waals surface area contributed by atoms with Crippen LogP contribution in [0.3, 0.4) is 0 Å². The van der Waals surface area contributed by atoms with E-state index in [9.17, 15) is 19.2 Å². The Bertz CT molecular complexity index is 750. The minimum Gasteiger partial charge on any atom is -0.493 e. The molecule has 0 fully saturated rings. The number of esters is 2. The van der Waals surface area contributed by atoms with Crippen LogP contribution in [0.5, 0.6) is 11.5 Å². The highest BCUT2D eigenvalue weighted by molar-refractivity contribution is 6.04. The van der Waals surface area contributed by atoms with E-state index in [4.69, 9.17) is 18.9 Å². The lowest BCUT2D eigenvalue weighted by atomic mass is 9.73. The fourth-order valence-corrected chi connectivity index (χ4v) is 3.40. The van der Waals surface area contributed by atoms with Crippen molar-refractivity contribution in [1.29, 1.82) is 0 Å². The van der Waals surface area contributed by atoms with Gasteiger partial charge >= 0.3 is 11.9 Å². The highest BCUT2D eigenvalue weighted by Gasteiger charge is 2.45. The van der Waals surface area contributed by atoms with E-state index >= 15 is 0 Å². The molecular formula is C23H32O8. The quantitative estimate of drug-likeness (QED) is 0.343. The fraction of sp³-hybridized carbons (Fsp3) is 0.565. The van der Waals surface area contributed by atoms with Gasteiger partial charge in [0.05, 0.1) is 26.9 Å². The second-order valence-corrected chi connectivity index (χ2v) is 6.97. The van der Waals surface area contributed by atoms with E-state index in [0.717, 1.165) is 6.42 Å². The largest absolute Gasteiger partial charge is 0.493 e. The molecule has 0 saturated heterocycles. The number of carbonyl (C=O) groups excluding carboxylic acids is 4. The van der Waals surface area contributed by atoms with Gasteiger partial charge in [0.1, 0.15) is 23.4 Å². The van der Waals surface area contributed by atoms with Crippen LogP contribution in [0.25, 0.3) is 0 Å². The molecule has 1 rings (SSSR count). The summed E-state index contributed by atoms with van der Waals surface area (Å²) in [6.07, 6.45) is 0.790. The maximum absolute atomic E-state index is 12.7. The van der Waals surface area contributed by atoms with Crippen LogP contribution < -0.4 is 9.47 Å². The minimum atomic E-state index is -1.37. The van der Waals surface area contributed by atoms with Crippen molar-refractivity contribution in [3.8, 4) is 11.5 Å². The van der Waals surface area contributed by atoms with Crippen LogP contribution in [0.15, 0.2) is 18.2 Å². The van der Waals surface area contributed by atoms with E-state index in [-0.39, 0.29) is 13.2 Å². The summed E-state index contributed by atoms with van der Waals surface area (Å²) in [7, 11) is 1.45. The lowest BCUT2D eigenvalue weighted by Crippen LogP contribution is -2.40. The van der Waals surface area contributed by atoms with Gasteiger partial charge in [-0.15, -0.1) is 0 Å². The van der Waals surface area contributed by atoms with Gasteiger partial charge in [-0.05, 0) is 51.8 Å². The Balaban J connectivity index is 3.68. The van der Waals surface area contributed by atoms with Crippen molar-refractivity contribution in [3.63, 3.8) is 0 Å². The predicted molar refractivity (Wildman–Crippen MR) is 113 cm³/mol. The summed E-state index contributed by atoms with van der Waals surface area (Å²) in [6, 6.07) is 4.81. The molecular weight excluding hydrogens is 404 g/mol. The number of ketones is 2. The minimum absolute atomic E-state index is 0.0482. The molecule has 0 saturated carbocycles. The van der Waals surface area contributed by atoms with Gasteiger partial charge < -0.3 is 18.9 Å². The van der Waals surface area contributed by atoms with Crippen molar-refractivity contribution in [2.75, 3.05) is 26.9 Å². The van der Waals surface area contributed by atoms with Gasteiger partial charge in [-0.1, -0.05) is 13.0 Å². The van der Waals surface area contributed by atoms with Crippen molar-refractivity contribution >= 4 is 23.5 Å². The SMILES string of the molecule is CCCOc1ccc(C(C(C(C)=O)C(=O)OCC)C(C(C)=O)C(=O)OCC)cc1OC. The van der Waals surface area contributed by atoms with Gasteiger partial charge in [-0.3, -0.25) is 19.2 Å². The molecule has 0 radical (unpaired) electrons. The molecule has 0 spiro atoms. The summed E-state index contributed by atoms with van der Waals surface area (Å²) < 4.78 is 21.2. The summed E-state index contributed by atoms with van der Waals surface area (Å²) >= 11 is 0. The third-order valence-corrected chi connectivity index (χ3v) is 4.71. The second-order valence-electron chi connectivity index (χ2n) is 6.97. The lowest BCUT2D eigenvalue weighted by Gasteiger charge is -2.29.